The first-order valence-electron chi connectivity index (χ1n) is 5.46. The Morgan fingerprint density at radius 2 is 2.19 bits per heavy atom. The van der Waals surface area contributed by atoms with E-state index in [0.717, 1.165) is 29.3 Å². The quantitative estimate of drug-likeness (QED) is 0.815. The van der Waals surface area contributed by atoms with Crippen LogP contribution in [-0.2, 0) is 0 Å². The van der Waals surface area contributed by atoms with Crippen molar-refractivity contribution in [3.63, 3.8) is 0 Å². The number of nitrogens with zero attached hydrogens (tertiary/aromatic N) is 1. The summed E-state index contributed by atoms with van der Waals surface area (Å²) in [5, 5.41) is 15.6. The molecule has 0 aliphatic heterocycles. The van der Waals surface area contributed by atoms with E-state index in [9.17, 15) is 0 Å². The maximum atomic E-state index is 8.94. The van der Waals surface area contributed by atoms with Crippen molar-refractivity contribution in [2.45, 2.75) is 18.9 Å². The third-order valence-electron chi connectivity index (χ3n) is 2.55. The van der Waals surface area contributed by atoms with Crippen LogP contribution in [0, 0.1) is 11.3 Å². The molecule has 16 heavy (non-hydrogen) atoms. The van der Waals surface area contributed by atoms with Gasteiger partial charge in [0.15, 0.2) is 0 Å². The molecule has 1 saturated carbocycles. The van der Waals surface area contributed by atoms with Crippen LogP contribution in [0.5, 0.6) is 0 Å². The summed E-state index contributed by atoms with van der Waals surface area (Å²) in [5.74, 6) is 0. The van der Waals surface area contributed by atoms with Crippen LogP contribution in [0.2, 0.25) is 0 Å². The third kappa shape index (κ3) is 3.22. The Labute approximate surface area is 104 Å². The Balaban J connectivity index is 1.86. The van der Waals surface area contributed by atoms with Crippen molar-refractivity contribution in [1.82, 2.24) is 5.32 Å². The molecule has 2 N–H and O–H groups in total. The fourth-order valence-corrected chi connectivity index (χ4v) is 1.88. The highest BCUT2D eigenvalue weighted by Gasteiger charge is 2.19. The molecule has 3 nitrogen and oxygen atoms in total. The predicted octanol–water partition coefficient (Wildman–Crippen LogP) is 2.48. The topological polar surface area (TPSA) is 47.9 Å². The minimum Gasteiger partial charge on any atom is -0.383 e. The number of anilines is 1. The van der Waals surface area contributed by atoms with Gasteiger partial charge in [0.25, 0.3) is 0 Å². The molecule has 0 atom stereocenters. The summed E-state index contributed by atoms with van der Waals surface area (Å²) in [4.78, 5) is 0. The van der Waals surface area contributed by atoms with Crippen molar-refractivity contribution in [1.29, 1.82) is 5.26 Å². The van der Waals surface area contributed by atoms with E-state index in [1.807, 2.05) is 18.2 Å². The van der Waals surface area contributed by atoms with E-state index in [-0.39, 0.29) is 0 Å². The summed E-state index contributed by atoms with van der Waals surface area (Å²) in [7, 11) is 0. The Morgan fingerprint density at radius 3 is 2.88 bits per heavy atom. The molecule has 0 bridgehead atoms. The fraction of sp³-hybridized carbons (Fsp3) is 0.417. The van der Waals surface area contributed by atoms with E-state index in [1.54, 1.807) is 0 Å². The maximum Gasteiger partial charge on any atom is 0.101 e. The molecule has 1 aromatic rings. The van der Waals surface area contributed by atoms with Gasteiger partial charge in [-0.2, -0.15) is 5.26 Å². The van der Waals surface area contributed by atoms with E-state index in [2.05, 4.69) is 32.6 Å². The summed E-state index contributed by atoms with van der Waals surface area (Å²) < 4.78 is 0.990. The van der Waals surface area contributed by atoms with Crippen LogP contribution < -0.4 is 10.6 Å². The highest BCUT2D eigenvalue weighted by molar-refractivity contribution is 9.10. The van der Waals surface area contributed by atoms with Crippen molar-refractivity contribution >= 4 is 21.6 Å². The molecule has 1 aromatic carbocycles. The van der Waals surface area contributed by atoms with Crippen LogP contribution in [-0.4, -0.2) is 19.1 Å². The van der Waals surface area contributed by atoms with Gasteiger partial charge >= 0.3 is 0 Å². The average Bonchev–Trinajstić information content (AvgIpc) is 3.08. The van der Waals surface area contributed by atoms with E-state index in [1.165, 1.54) is 12.8 Å². The lowest BCUT2D eigenvalue weighted by Gasteiger charge is -2.09. The normalized spacial score (nSPS) is 14.5. The first-order chi connectivity index (χ1) is 7.79. The SMILES string of the molecule is N#Cc1ccc(Br)cc1NCCNC1CC1. The average molecular weight is 280 g/mol. The lowest BCUT2D eigenvalue weighted by molar-refractivity contribution is 0.701. The highest BCUT2D eigenvalue weighted by atomic mass is 79.9. The molecule has 4 heteroatoms. The van der Waals surface area contributed by atoms with Gasteiger partial charge in [-0.25, -0.2) is 0 Å². The lowest BCUT2D eigenvalue weighted by atomic mass is 10.2. The molecule has 2 rings (SSSR count). The number of hydrogen-bond donors (Lipinski definition) is 2. The molecule has 0 saturated heterocycles. The molecule has 0 heterocycles. The molecule has 0 unspecified atom stereocenters. The molecule has 0 aromatic heterocycles. The number of hydrogen-bond acceptors (Lipinski definition) is 3. The van der Waals surface area contributed by atoms with Gasteiger partial charge < -0.3 is 10.6 Å². The Bertz CT molecular complexity index is 407. The van der Waals surface area contributed by atoms with Gasteiger partial charge in [-0.3, -0.25) is 0 Å². The van der Waals surface area contributed by atoms with Gasteiger partial charge in [0.2, 0.25) is 0 Å². The van der Waals surface area contributed by atoms with Crippen LogP contribution in [0.4, 0.5) is 5.69 Å². The molecule has 0 radical (unpaired) electrons. The summed E-state index contributed by atoms with van der Waals surface area (Å²) in [6, 6.07) is 8.56. The van der Waals surface area contributed by atoms with Crippen molar-refractivity contribution in [3.8, 4) is 6.07 Å². The standard InChI is InChI=1S/C12H14BrN3/c13-10-2-1-9(8-14)12(7-10)16-6-5-15-11-3-4-11/h1-2,7,11,15-16H,3-6H2. The van der Waals surface area contributed by atoms with Gasteiger partial charge in [0.05, 0.1) is 11.3 Å². The second kappa shape index (κ2) is 5.33. The Kier molecular flexibility index (Phi) is 3.81. The predicted molar refractivity (Wildman–Crippen MR) is 68.4 cm³/mol. The lowest BCUT2D eigenvalue weighted by Crippen LogP contribution is -2.24. The molecular weight excluding hydrogens is 266 g/mol. The molecule has 1 aliphatic rings. The summed E-state index contributed by atoms with van der Waals surface area (Å²) >= 11 is 3.40. The molecular formula is C12H14BrN3. The number of benzene rings is 1. The van der Waals surface area contributed by atoms with Crippen LogP contribution in [0.15, 0.2) is 22.7 Å². The summed E-state index contributed by atoms with van der Waals surface area (Å²) in [6.07, 6.45) is 2.61. The van der Waals surface area contributed by atoms with Crippen LogP contribution in [0.1, 0.15) is 18.4 Å². The van der Waals surface area contributed by atoms with E-state index in [4.69, 9.17) is 5.26 Å². The molecule has 0 amide bonds. The minimum atomic E-state index is 0.689. The fourth-order valence-electron chi connectivity index (χ4n) is 1.52. The minimum absolute atomic E-state index is 0.689. The van der Waals surface area contributed by atoms with Gasteiger partial charge in [0.1, 0.15) is 6.07 Å². The van der Waals surface area contributed by atoms with Gasteiger partial charge in [0, 0.05) is 23.6 Å². The van der Waals surface area contributed by atoms with Crippen LogP contribution in [0.3, 0.4) is 0 Å². The van der Waals surface area contributed by atoms with Gasteiger partial charge in [-0.05, 0) is 31.0 Å². The zero-order valence-electron chi connectivity index (χ0n) is 8.96. The first-order valence-corrected chi connectivity index (χ1v) is 6.26. The zero-order valence-corrected chi connectivity index (χ0v) is 10.5. The van der Waals surface area contributed by atoms with Gasteiger partial charge in [-0.15, -0.1) is 0 Å². The number of halogens is 1. The van der Waals surface area contributed by atoms with E-state index in [0.29, 0.717) is 5.56 Å². The largest absolute Gasteiger partial charge is 0.383 e. The smallest absolute Gasteiger partial charge is 0.101 e. The third-order valence-corrected chi connectivity index (χ3v) is 3.05. The monoisotopic (exact) mass is 279 g/mol. The molecule has 84 valence electrons. The summed E-state index contributed by atoms with van der Waals surface area (Å²) in [5.41, 5.74) is 1.59. The van der Waals surface area contributed by atoms with Crippen molar-refractivity contribution < 1.29 is 0 Å². The van der Waals surface area contributed by atoms with E-state index >= 15 is 0 Å². The van der Waals surface area contributed by atoms with Crippen molar-refractivity contribution in [3.05, 3.63) is 28.2 Å². The van der Waals surface area contributed by atoms with Crippen molar-refractivity contribution in [2.75, 3.05) is 18.4 Å². The van der Waals surface area contributed by atoms with Crippen LogP contribution >= 0.6 is 15.9 Å². The van der Waals surface area contributed by atoms with Gasteiger partial charge in [-0.1, -0.05) is 15.9 Å². The number of nitriles is 1. The molecule has 1 aliphatic carbocycles. The molecule has 1 fully saturated rings. The molecule has 0 spiro atoms. The first kappa shape index (κ1) is 11.4. The number of nitrogens with one attached hydrogen (secondary N) is 2. The number of rotatable bonds is 5. The maximum absolute atomic E-state index is 8.94. The van der Waals surface area contributed by atoms with E-state index < -0.39 is 0 Å². The zero-order chi connectivity index (χ0) is 11.4. The van der Waals surface area contributed by atoms with Crippen LogP contribution in [0.25, 0.3) is 0 Å². The Hall–Kier alpha value is -1.05. The highest BCUT2D eigenvalue weighted by Crippen LogP contribution is 2.21. The Morgan fingerprint density at radius 1 is 1.38 bits per heavy atom. The second-order valence-corrected chi connectivity index (χ2v) is 4.87. The van der Waals surface area contributed by atoms with Crippen molar-refractivity contribution in [2.24, 2.45) is 0 Å². The second-order valence-electron chi connectivity index (χ2n) is 3.96. The summed E-state index contributed by atoms with van der Waals surface area (Å²) in [6.45, 7) is 1.80.